The summed E-state index contributed by atoms with van der Waals surface area (Å²) in [5, 5.41) is 0. The predicted octanol–water partition coefficient (Wildman–Crippen LogP) is 3.54. The van der Waals surface area contributed by atoms with Gasteiger partial charge in [-0.2, -0.15) is 0 Å². The molecule has 6 nitrogen and oxygen atoms in total. The maximum absolute atomic E-state index is 13.2. The SMILES string of the molecule is CCN(C(=O)c1cnc(C)nc1C)[C@H]1CCO[C@@H](c2ccc(CN(C)C)cc2)C1. The molecule has 2 aromatic rings. The van der Waals surface area contributed by atoms with E-state index >= 15 is 0 Å². The summed E-state index contributed by atoms with van der Waals surface area (Å²) in [6.07, 6.45) is 3.32. The van der Waals surface area contributed by atoms with Gasteiger partial charge < -0.3 is 14.5 Å². The first kappa shape index (κ1) is 21.4. The Kier molecular flexibility index (Phi) is 6.98. The highest BCUT2D eigenvalue weighted by Gasteiger charge is 2.31. The number of carbonyl (C=O) groups excluding carboxylic acids is 1. The third kappa shape index (κ3) is 5.19. The first-order chi connectivity index (χ1) is 13.9. The molecule has 0 radical (unpaired) electrons. The van der Waals surface area contributed by atoms with Crippen LogP contribution in [0.25, 0.3) is 0 Å². The van der Waals surface area contributed by atoms with Crippen LogP contribution in [0.1, 0.15) is 58.9 Å². The summed E-state index contributed by atoms with van der Waals surface area (Å²) in [6.45, 7) is 7.98. The number of benzene rings is 1. The van der Waals surface area contributed by atoms with Crippen molar-refractivity contribution in [1.29, 1.82) is 0 Å². The molecule has 1 saturated heterocycles. The van der Waals surface area contributed by atoms with Gasteiger partial charge in [-0.05, 0) is 58.8 Å². The Balaban J connectivity index is 1.73. The number of amides is 1. The van der Waals surface area contributed by atoms with Crippen LogP contribution >= 0.6 is 0 Å². The van der Waals surface area contributed by atoms with Crippen LogP contribution in [0, 0.1) is 13.8 Å². The van der Waals surface area contributed by atoms with E-state index in [1.807, 2.05) is 25.7 Å². The molecule has 29 heavy (non-hydrogen) atoms. The molecular formula is C23H32N4O2. The minimum atomic E-state index is 0.0111. The number of aryl methyl sites for hydroxylation is 2. The third-order valence-electron chi connectivity index (χ3n) is 5.48. The van der Waals surface area contributed by atoms with Gasteiger partial charge in [-0.25, -0.2) is 9.97 Å². The maximum Gasteiger partial charge on any atom is 0.257 e. The van der Waals surface area contributed by atoms with E-state index in [9.17, 15) is 4.79 Å². The third-order valence-corrected chi connectivity index (χ3v) is 5.48. The lowest BCUT2D eigenvalue weighted by Crippen LogP contribution is -2.44. The second kappa shape index (κ2) is 9.46. The van der Waals surface area contributed by atoms with Crippen molar-refractivity contribution >= 4 is 5.91 Å². The molecule has 1 aromatic carbocycles. The summed E-state index contributed by atoms with van der Waals surface area (Å²) >= 11 is 0. The lowest BCUT2D eigenvalue weighted by molar-refractivity contribution is -0.0232. The number of ether oxygens (including phenoxy) is 1. The van der Waals surface area contributed by atoms with Crippen LogP contribution in [0.5, 0.6) is 0 Å². The monoisotopic (exact) mass is 396 g/mol. The van der Waals surface area contributed by atoms with Gasteiger partial charge in [0.05, 0.1) is 17.4 Å². The number of rotatable bonds is 6. The van der Waals surface area contributed by atoms with Crippen molar-refractivity contribution < 1.29 is 9.53 Å². The highest BCUT2D eigenvalue weighted by molar-refractivity contribution is 5.95. The molecule has 0 spiro atoms. The number of hydrogen-bond donors (Lipinski definition) is 0. The topological polar surface area (TPSA) is 58.6 Å². The summed E-state index contributed by atoms with van der Waals surface area (Å²) in [7, 11) is 4.14. The molecule has 2 heterocycles. The second-order valence-electron chi connectivity index (χ2n) is 8.02. The molecule has 1 fully saturated rings. The summed E-state index contributed by atoms with van der Waals surface area (Å²) in [4.78, 5) is 25.9. The summed E-state index contributed by atoms with van der Waals surface area (Å²) < 4.78 is 6.06. The minimum Gasteiger partial charge on any atom is -0.373 e. The standard InChI is InChI=1S/C23H32N4O2/c1-6-27(23(28)21-14-24-17(3)25-16(21)2)20-11-12-29-22(13-20)19-9-7-18(8-10-19)15-26(4)5/h7-10,14,20,22H,6,11-13,15H2,1-5H3/t20-,22+/m0/s1. The van der Waals surface area contributed by atoms with Crippen molar-refractivity contribution in [3.05, 3.63) is 58.7 Å². The Morgan fingerprint density at radius 1 is 1.21 bits per heavy atom. The fourth-order valence-corrected chi connectivity index (χ4v) is 4.01. The van der Waals surface area contributed by atoms with Crippen molar-refractivity contribution in [1.82, 2.24) is 19.8 Å². The molecule has 2 atom stereocenters. The van der Waals surface area contributed by atoms with E-state index in [4.69, 9.17) is 4.74 Å². The molecule has 1 amide bonds. The first-order valence-corrected chi connectivity index (χ1v) is 10.4. The van der Waals surface area contributed by atoms with Crippen LogP contribution in [0.4, 0.5) is 0 Å². The predicted molar refractivity (Wildman–Crippen MR) is 114 cm³/mol. The molecule has 0 N–H and O–H groups in total. The van der Waals surface area contributed by atoms with E-state index in [2.05, 4.69) is 53.2 Å². The van der Waals surface area contributed by atoms with E-state index in [-0.39, 0.29) is 18.1 Å². The van der Waals surface area contributed by atoms with E-state index in [0.29, 0.717) is 24.5 Å². The molecule has 1 aromatic heterocycles. The van der Waals surface area contributed by atoms with Gasteiger partial charge in [-0.3, -0.25) is 4.79 Å². The Hall–Kier alpha value is -2.31. The number of hydrogen-bond acceptors (Lipinski definition) is 5. The number of aromatic nitrogens is 2. The van der Waals surface area contributed by atoms with Crippen molar-refractivity contribution in [2.75, 3.05) is 27.2 Å². The molecule has 6 heteroatoms. The smallest absolute Gasteiger partial charge is 0.257 e. The normalized spacial score (nSPS) is 19.4. The lowest BCUT2D eigenvalue weighted by atomic mass is 9.95. The van der Waals surface area contributed by atoms with Crippen LogP contribution in [0.3, 0.4) is 0 Å². The number of nitrogens with zero attached hydrogens (tertiary/aromatic N) is 4. The first-order valence-electron chi connectivity index (χ1n) is 10.4. The zero-order valence-corrected chi connectivity index (χ0v) is 18.2. The van der Waals surface area contributed by atoms with Crippen LogP contribution < -0.4 is 0 Å². The van der Waals surface area contributed by atoms with E-state index in [0.717, 1.165) is 25.1 Å². The molecular weight excluding hydrogens is 364 g/mol. The minimum absolute atomic E-state index is 0.0111. The van der Waals surface area contributed by atoms with Crippen molar-refractivity contribution in [3.63, 3.8) is 0 Å². The van der Waals surface area contributed by atoms with Gasteiger partial charge >= 0.3 is 0 Å². The van der Waals surface area contributed by atoms with Gasteiger partial charge in [0.15, 0.2) is 0 Å². The summed E-state index contributed by atoms with van der Waals surface area (Å²) in [5.74, 6) is 0.697. The second-order valence-corrected chi connectivity index (χ2v) is 8.02. The quantitative estimate of drug-likeness (QED) is 0.747. The average molecular weight is 397 g/mol. The summed E-state index contributed by atoms with van der Waals surface area (Å²) in [5.41, 5.74) is 3.79. The molecule has 0 saturated carbocycles. The zero-order chi connectivity index (χ0) is 21.0. The Morgan fingerprint density at radius 2 is 1.93 bits per heavy atom. The van der Waals surface area contributed by atoms with Crippen LogP contribution in [-0.4, -0.2) is 59.0 Å². The Labute approximate surface area is 173 Å². The maximum atomic E-state index is 13.2. The van der Waals surface area contributed by atoms with Crippen molar-refractivity contribution in [3.8, 4) is 0 Å². The molecule has 0 unspecified atom stereocenters. The molecule has 156 valence electrons. The van der Waals surface area contributed by atoms with Crippen LogP contribution in [0.2, 0.25) is 0 Å². The van der Waals surface area contributed by atoms with Crippen molar-refractivity contribution in [2.45, 2.75) is 52.3 Å². The van der Waals surface area contributed by atoms with Gasteiger partial charge in [-0.1, -0.05) is 24.3 Å². The highest BCUT2D eigenvalue weighted by atomic mass is 16.5. The number of carbonyl (C=O) groups is 1. The van der Waals surface area contributed by atoms with Gasteiger partial charge in [-0.15, -0.1) is 0 Å². The van der Waals surface area contributed by atoms with Crippen LogP contribution in [-0.2, 0) is 11.3 Å². The lowest BCUT2D eigenvalue weighted by Gasteiger charge is -2.37. The van der Waals surface area contributed by atoms with E-state index in [1.165, 1.54) is 11.1 Å². The molecule has 0 aliphatic carbocycles. The Bertz CT molecular complexity index is 835. The highest BCUT2D eigenvalue weighted by Crippen LogP contribution is 2.31. The fraction of sp³-hybridized carbons (Fsp3) is 0.522. The van der Waals surface area contributed by atoms with E-state index < -0.39 is 0 Å². The average Bonchev–Trinajstić information content (AvgIpc) is 2.69. The van der Waals surface area contributed by atoms with Gasteiger partial charge in [0.1, 0.15) is 5.82 Å². The van der Waals surface area contributed by atoms with Gasteiger partial charge in [0, 0.05) is 31.9 Å². The molecule has 3 rings (SSSR count). The largest absolute Gasteiger partial charge is 0.373 e. The van der Waals surface area contributed by atoms with E-state index in [1.54, 1.807) is 6.20 Å². The molecule has 1 aliphatic rings. The van der Waals surface area contributed by atoms with Crippen LogP contribution in [0.15, 0.2) is 30.5 Å². The fourth-order valence-electron chi connectivity index (χ4n) is 4.01. The molecule has 1 aliphatic heterocycles. The van der Waals surface area contributed by atoms with Gasteiger partial charge in [0.25, 0.3) is 5.91 Å². The Morgan fingerprint density at radius 3 is 2.55 bits per heavy atom. The zero-order valence-electron chi connectivity index (χ0n) is 18.2. The molecule has 0 bridgehead atoms. The summed E-state index contributed by atoms with van der Waals surface area (Å²) in [6, 6.07) is 8.79. The van der Waals surface area contributed by atoms with Crippen molar-refractivity contribution in [2.24, 2.45) is 0 Å². The van der Waals surface area contributed by atoms with Gasteiger partial charge in [0.2, 0.25) is 0 Å².